The zero-order chi connectivity index (χ0) is 12.8. The molecule has 1 fully saturated rings. The highest BCUT2D eigenvalue weighted by Gasteiger charge is 2.21. The quantitative estimate of drug-likeness (QED) is 0.857. The standard InChI is InChI=1S/C13H22N4O/c1-3-7-17(11-5-4-6-14-9-11)12-8-13(18-2)16-10-15-12/h8,10-11,14H,3-7,9H2,1-2H3. The SMILES string of the molecule is CCCN(c1cc(OC)ncn1)C1CCCNC1. The van der Waals surface area contributed by atoms with Crippen LogP contribution in [0.25, 0.3) is 0 Å². The minimum atomic E-state index is 0.526. The predicted molar refractivity (Wildman–Crippen MR) is 72.1 cm³/mol. The Hall–Kier alpha value is -1.36. The zero-order valence-electron chi connectivity index (χ0n) is 11.2. The van der Waals surface area contributed by atoms with Gasteiger partial charge in [-0.3, -0.25) is 0 Å². The van der Waals surface area contributed by atoms with E-state index >= 15 is 0 Å². The number of nitrogens with one attached hydrogen (secondary N) is 1. The lowest BCUT2D eigenvalue weighted by molar-refractivity contribution is 0.394. The van der Waals surface area contributed by atoms with Crippen LogP contribution in [0, 0.1) is 0 Å². The van der Waals surface area contributed by atoms with Gasteiger partial charge in [0.15, 0.2) is 0 Å². The van der Waals surface area contributed by atoms with Gasteiger partial charge in [-0.05, 0) is 25.8 Å². The Balaban J connectivity index is 2.16. The second-order valence-corrected chi connectivity index (χ2v) is 4.61. The molecule has 18 heavy (non-hydrogen) atoms. The Morgan fingerprint density at radius 1 is 1.50 bits per heavy atom. The molecule has 5 heteroatoms. The Kier molecular flexibility index (Phi) is 4.75. The van der Waals surface area contributed by atoms with Crippen LogP contribution >= 0.6 is 0 Å². The van der Waals surface area contributed by atoms with Gasteiger partial charge in [0.1, 0.15) is 12.1 Å². The molecule has 1 saturated heterocycles. The maximum absolute atomic E-state index is 5.18. The van der Waals surface area contributed by atoms with Crippen molar-refractivity contribution >= 4 is 5.82 Å². The molecule has 1 atom stereocenters. The van der Waals surface area contributed by atoms with Crippen molar-refractivity contribution in [2.24, 2.45) is 0 Å². The second-order valence-electron chi connectivity index (χ2n) is 4.61. The van der Waals surface area contributed by atoms with E-state index in [1.165, 1.54) is 12.8 Å². The van der Waals surface area contributed by atoms with Crippen molar-refractivity contribution in [3.8, 4) is 5.88 Å². The van der Waals surface area contributed by atoms with Crippen molar-refractivity contribution in [2.75, 3.05) is 31.6 Å². The summed E-state index contributed by atoms with van der Waals surface area (Å²) < 4.78 is 5.18. The molecule has 1 aromatic heterocycles. The van der Waals surface area contributed by atoms with Crippen LogP contribution in [0.4, 0.5) is 5.82 Å². The molecule has 0 aromatic carbocycles. The second kappa shape index (κ2) is 6.54. The van der Waals surface area contributed by atoms with E-state index in [1.54, 1.807) is 13.4 Å². The minimum Gasteiger partial charge on any atom is -0.481 e. The van der Waals surface area contributed by atoms with Crippen LogP contribution in [0.1, 0.15) is 26.2 Å². The number of nitrogens with zero attached hydrogens (tertiary/aromatic N) is 3. The summed E-state index contributed by atoms with van der Waals surface area (Å²) in [7, 11) is 1.64. The molecule has 5 nitrogen and oxygen atoms in total. The van der Waals surface area contributed by atoms with Gasteiger partial charge in [0, 0.05) is 25.2 Å². The molecule has 0 spiro atoms. The molecule has 1 aliphatic heterocycles. The third-order valence-electron chi connectivity index (χ3n) is 3.31. The third-order valence-corrected chi connectivity index (χ3v) is 3.31. The molecular weight excluding hydrogens is 228 g/mol. The van der Waals surface area contributed by atoms with Crippen molar-refractivity contribution in [1.82, 2.24) is 15.3 Å². The first-order valence-electron chi connectivity index (χ1n) is 6.68. The molecular formula is C13H22N4O. The monoisotopic (exact) mass is 250 g/mol. The topological polar surface area (TPSA) is 50.3 Å². The van der Waals surface area contributed by atoms with Gasteiger partial charge >= 0.3 is 0 Å². The fourth-order valence-electron chi connectivity index (χ4n) is 2.42. The summed E-state index contributed by atoms with van der Waals surface area (Å²) in [5.41, 5.74) is 0. The third kappa shape index (κ3) is 3.10. The average molecular weight is 250 g/mol. The van der Waals surface area contributed by atoms with E-state index < -0.39 is 0 Å². The fraction of sp³-hybridized carbons (Fsp3) is 0.692. The van der Waals surface area contributed by atoms with Crippen LogP contribution in [0.15, 0.2) is 12.4 Å². The van der Waals surface area contributed by atoms with E-state index in [0.29, 0.717) is 11.9 Å². The largest absolute Gasteiger partial charge is 0.481 e. The lowest BCUT2D eigenvalue weighted by Gasteiger charge is -2.35. The minimum absolute atomic E-state index is 0.526. The predicted octanol–water partition coefficient (Wildman–Crippen LogP) is 1.45. The van der Waals surface area contributed by atoms with Crippen LogP contribution < -0.4 is 15.0 Å². The van der Waals surface area contributed by atoms with Crippen molar-refractivity contribution < 1.29 is 4.74 Å². The van der Waals surface area contributed by atoms with Gasteiger partial charge in [-0.15, -0.1) is 0 Å². The van der Waals surface area contributed by atoms with Crippen LogP contribution in [0.5, 0.6) is 5.88 Å². The zero-order valence-corrected chi connectivity index (χ0v) is 11.2. The summed E-state index contributed by atoms with van der Waals surface area (Å²) >= 11 is 0. The molecule has 0 saturated carbocycles. The van der Waals surface area contributed by atoms with E-state index in [0.717, 1.165) is 31.9 Å². The number of hydrogen-bond acceptors (Lipinski definition) is 5. The number of ether oxygens (including phenoxy) is 1. The lowest BCUT2D eigenvalue weighted by atomic mass is 10.1. The van der Waals surface area contributed by atoms with E-state index in [2.05, 4.69) is 27.1 Å². The smallest absolute Gasteiger partial charge is 0.218 e. The molecule has 2 heterocycles. The molecule has 1 unspecified atom stereocenters. The molecule has 1 N–H and O–H groups in total. The Bertz CT molecular complexity index is 366. The van der Waals surface area contributed by atoms with E-state index in [9.17, 15) is 0 Å². The molecule has 0 aliphatic carbocycles. The number of methoxy groups -OCH3 is 1. The van der Waals surface area contributed by atoms with Crippen LogP contribution in [0.2, 0.25) is 0 Å². The van der Waals surface area contributed by atoms with E-state index in [-0.39, 0.29) is 0 Å². The first-order valence-corrected chi connectivity index (χ1v) is 6.68. The van der Waals surface area contributed by atoms with Gasteiger partial charge in [-0.1, -0.05) is 6.92 Å². The lowest BCUT2D eigenvalue weighted by Crippen LogP contribution is -2.46. The van der Waals surface area contributed by atoms with E-state index in [4.69, 9.17) is 4.74 Å². The Morgan fingerprint density at radius 3 is 3.06 bits per heavy atom. The highest BCUT2D eigenvalue weighted by atomic mass is 16.5. The maximum Gasteiger partial charge on any atom is 0.218 e. The van der Waals surface area contributed by atoms with Crippen molar-refractivity contribution in [2.45, 2.75) is 32.2 Å². The Morgan fingerprint density at radius 2 is 2.39 bits per heavy atom. The van der Waals surface area contributed by atoms with Gasteiger partial charge in [0.25, 0.3) is 0 Å². The molecule has 1 aromatic rings. The van der Waals surface area contributed by atoms with Crippen LogP contribution in [0.3, 0.4) is 0 Å². The number of hydrogen-bond donors (Lipinski definition) is 1. The first-order chi connectivity index (χ1) is 8.85. The summed E-state index contributed by atoms with van der Waals surface area (Å²) in [5, 5.41) is 3.46. The highest BCUT2D eigenvalue weighted by Crippen LogP contribution is 2.21. The Labute approximate surface area is 109 Å². The van der Waals surface area contributed by atoms with Crippen molar-refractivity contribution in [1.29, 1.82) is 0 Å². The maximum atomic E-state index is 5.18. The summed E-state index contributed by atoms with van der Waals surface area (Å²) in [6.45, 7) is 5.38. The summed E-state index contributed by atoms with van der Waals surface area (Å²) in [5.74, 6) is 1.60. The van der Waals surface area contributed by atoms with Gasteiger partial charge in [-0.25, -0.2) is 9.97 Å². The highest BCUT2D eigenvalue weighted by molar-refractivity contribution is 5.42. The summed E-state index contributed by atoms with van der Waals surface area (Å²) in [6.07, 6.45) is 5.14. The molecule has 1 aliphatic rings. The van der Waals surface area contributed by atoms with Gasteiger partial charge in [0.05, 0.1) is 7.11 Å². The summed E-state index contributed by atoms with van der Waals surface area (Å²) in [4.78, 5) is 10.8. The normalized spacial score (nSPS) is 19.6. The first kappa shape index (κ1) is 13.1. The average Bonchev–Trinajstić information content (AvgIpc) is 2.46. The van der Waals surface area contributed by atoms with Crippen LogP contribution in [-0.4, -0.2) is 42.8 Å². The van der Waals surface area contributed by atoms with Gasteiger partial charge in [-0.2, -0.15) is 0 Å². The molecule has 0 amide bonds. The molecule has 0 bridgehead atoms. The van der Waals surface area contributed by atoms with E-state index in [1.807, 2.05) is 6.07 Å². The number of rotatable bonds is 5. The number of aromatic nitrogens is 2. The van der Waals surface area contributed by atoms with Crippen LogP contribution in [-0.2, 0) is 0 Å². The molecule has 100 valence electrons. The van der Waals surface area contributed by atoms with Gasteiger partial charge in [0.2, 0.25) is 5.88 Å². The van der Waals surface area contributed by atoms with Gasteiger partial charge < -0.3 is 15.0 Å². The van der Waals surface area contributed by atoms with Crippen molar-refractivity contribution in [3.05, 3.63) is 12.4 Å². The number of piperidine rings is 1. The number of anilines is 1. The fourth-order valence-corrected chi connectivity index (χ4v) is 2.42. The molecule has 0 radical (unpaired) electrons. The molecule has 2 rings (SSSR count). The summed E-state index contributed by atoms with van der Waals surface area (Å²) in [6, 6.07) is 2.45. The van der Waals surface area contributed by atoms with Crippen molar-refractivity contribution in [3.63, 3.8) is 0 Å².